The van der Waals surface area contributed by atoms with Gasteiger partial charge in [-0.25, -0.2) is 4.39 Å². The van der Waals surface area contributed by atoms with Gasteiger partial charge in [0, 0.05) is 29.5 Å². The summed E-state index contributed by atoms with van der Waals surface area (Å²) in [4.78, 5) is 15.5. The van der Waals surface area contributed by atoms with E-state index in [1.807, 2.05) is 17.0 Å². The van der Waals surface area contributed by atoms with Crippen LogP contribution in [0, 0.1) is 5.82 Å². The van der Waals surface area contributed by atoms with Crippen molar-refractivity contribution < 1.29 is 9.13 Å². The van der Waals surface area contributed by atoms with E-state index in [1.54, 1.807) is 24.3 Å². The van der Waals surface area contributed by atoms with Gasteiger partial charge in [-0.15, -0.1) is 0 Å². The third kappa shape index (κ3) is 4.65. The van der Waals surface area contributed by atoms with Crippen molar-refractivity contribution in [1.82, 2.24) is 15.0 Å². The lowest BCUT2D eigenvalue weighted by Crippen LogP contribution is -2.37. The highest BCUT2D eigenvalue weighted by molar-refractivity contribution is 6.30. The summed E-state index contributed by atoms with van der Waals surface area (Å²) >= 11 is 5.94. The molecule has 2 aromatic carbocycles. The normalized spacial score (nSPS) is 14.0. The van der Waals surface area contributed by atoms with Crippen LogP contribution < -0.4 is 15.5 Å². The fourth-order valence-electron chi connectivity index (χ4n) is 2.71. The molecule has 0 spiro atoms. The first-order chi connectivity index (χ1) is 13.7. The van der Waals surface area contributed by atoms with Crippen LogP contribution in [-0.4, -0.2) is 41.3 Å². The third-order valence-electron chi connectivity index (χ3n) is 4.12. The van der Waals surface area contributed by atoms with Crippen LogP contribution in [0.3, 0.4) is 0 Å². The molecule has 0 atom stereocenters. The van der Waals surface area contributed by atoms with E-state index in [1.165, 1.54) is 12.1 Å². The molecule has 1 aromatic heterocycles. The van der Waals surface area contributed by atoms with Gasteiger partial charge in [0.1, 0.15) is 5.82 Å². The molecule has 4 rings (SSSR count). The van der Waals surface area contributed by atoms with Gasteiger partial charge in [0.25, 0.3) is 0 Å². The molecule has 1 fully saturated rings. The van der Waals surface area contributed by atoms with E-state index < -0.39 is 0 Å². The summed E-state index contributed by atoms with van der Waals surface area (Å²) in [6.45, 7) is 2.62. The lowest BCUT2D eigenvalue weighted by atomic mass is 10.3. The van der Waals surface area contributed by atoms with E-state index in [0.29, 0.717) is 54.9 Å². The molecular weight excluding hydrogens is 383 g/mol. The predicted octanol–water partition coefficient (Wildman–Crippen LogP) is 3.99. The number of halogens is 2. The molecule has 0 unspecified atom stereocenters. The van der Waals surface area contributed by atoms with E-state index >= 15 is 0 Å². The number of aromatic nitrogens is 3. The largest absolute Gasteiger partial charge is 0.378 e. The molecule has 0 bridgehead atoms. The van der Waals surface area contributed by atoms with Crippen LogP contribution in [-0.2, 0) is 4.74 Å². The molecule has 7 nitrogen and oxygen atoms in total. The first-order valence-corrected chi connectivity index (χ1v) is 9.17. The fraction of sp³-hybridized carbons (Fsp3) is 0.211. The highest BCUT2D eigenvalue weighted by Crippen LogP contribution is 2.22. The number of hydrogen-bond donors (Lipinski definition) is 2. The number of benzene rings is 2. The second-order valence-electron chi connectivity index (χ2n) is 6.15. The van der Waals surface area contributed by atoms with Crippen molar-refractivity contribution in [2.75, 3.05) is 41.8 Å². The van der Waals surface area contributed by atoms with Crippen molar-refractivity contribution in [3.8, 4) is 0 Å². The maximum atomic E-state index is 13.2. The number of anilines is 5. The number of nitrogens with one attached hydrogen (secondary N) is 2. The van der Waals surface area contributed by atoms with Gasteiger partial charge >= 0.3 is 0 Å². The van der Waals surface area contributed by atoms with E-state index in [0.717, 1.165) is 5.69 Å². The van der Waals surface area contributed by atoms with Crippen molar-refractivity contribution in [2.24, 2.45) is 0 Å². The number of rotatable bonds is 5. The zero-order chi connectivity index (χ0) is 19.3. The molecule has 144 valence electrons. The number of morpholine rings is 1. The van der Waals surface area contributed by atoms with Gasteiger partial charge in [0.15, 0.2) is 0 Å². The smallest absolute Gasteiger partial charge is 0.233 e. The Morgan fingerprint density at radius 2 is 1.36 bits per heavy atom. The monoisotopic (exact) mass is 400 g/mol. The van der Waals surface area contributed by atoms with Crippen LogP contribution in [0.5, 0.6) is 0 Å². The molecule has 0 radical (unpaired) electrons. The quantitative estimate of drug-likeness (QED) is 0.670. The SMILES string of the molecule is Fc1ccc(Nc2nc(Nc3ccc(Cl)cc3)nc(N3CCOCC3)n2)cc1. The average molecular weight is 401 g/mol. The Labute approximate surface area is 166 Å². The zero-order valence-corrected chi connectivity index (χ0v) is 15.7. The maximum absolute atomic E-state index is 13.2. The van der Waals surface area contributed by atoms with E-state index in [2.05, 4.69) is 25.6 Å². The summed E-state index contributed by atoms with van der Waals surface area (Å²) in [5.41, 5.74) is 1.48. The van der Waals surface area contributed by atoms with Gasteiger partial charge in [0.2, 0.25) is 17.8 Å². The number of nitrogens with zero attached hydrogens (tertiary/aromatic N) is 4. The van der Waals surface area contributed by atoms with Crippen LogP contribution in [0.25, 0.3) is 0 Å². The summed E-state index contributed by atoms with van der Waals surface area (Å²) in [7, 11) is 0. The molecule has 1 aliphatic rings. The summed E-state index contributed by atoms with van der Waals surface area (Å²) in [5.74, 6) is 0.989. The maximum Gasteiger partial charge on any atom is 0.233 e. The van der Waals surface area contributed by atoms with Gasteiger partial charge in [-0.3, -0.25) is 0 Å². The van der Waals surface area contributed by atoms with Crippen molar-refractivity contribution in [2.45, 2.75) is 0 Å². The highest BCUT2D eigenvalue weighted by Gasteiger charge is 2.17. The molecule has 0 saturated carbocycles. The Hall–Kier alpha value is -2.97. The third-order valence-corrected chi connectivity index (χ3v) is 4.37. The Morgan fingerprint density at radius 3 is 1.93 bits per heavy atom. The predicted molar refractivity (Wildman–Crippen MR) is 107 cm³/mol. The van der Waals surface area contributed by atoms with Gasteiger partial charge in [-0.2, -0.15) is 15.0 Å². The molecule has 9 heteroatoms. The molecule has 1 aliphatic heterocycles. The number of ether oxygens (including phenoxy) is 1. The minimum Gasteiger partial charge on any atom is -0.378 e. The Kier molecular flexibility index (Phi) is 5.50. The summed E-state index contributed by atoms with van der Waals surface area (Å²) in [5, 5.41) is 6.91. The molecule has 1 saturated heterocycles. The second-order valence-corrected chi connectivity index (χ2v) is 6.58. The highest BCUT2D eigenvalue weighted by atomic mass is 35.5. The van der Waals surface area contributed by atoms with Gasteiger partial charge in [-0.05, 0) is 48.5 Å². The standard InChI is InChI=1S/C19H18ClFN6O/c20-13-1-5-15(6-2-13)22-17-24-18(23-16-7-3-14(21)4-8-16)26-19(25-17)27-9-11-28-12-10-27/h1-8H,9-12H2,(H2,22,23,24,25,26). The average Bonchev–Trinajstić information content (AvgIpc) is 2.72. The molecule has 2 N–H and O–H groups in total. The lowest BCUT2D eigenvalue weighted by Gasteiger charge is -2.27. The first kappa shape index (κ1) is 18.4. The van der Waals surface area contributed by atoms with Crippen LogP contribution >= 0.6 is 11.6 Å². The van der Waals surface area contributed by atoms with Gasteiger partial charge in [0.05, 0.1) is 13.2 Å². The summed E-state index contributed by atoms with van der Waals surface area (Å²) < 4.78 is 18.6. The summed E-state index contributed by atoms with van der Waals surface area (Å²) in [6, 6.07) is 13.2. The van der Waals surface area contributed by atoms with Crippen molar-refractivity contribution in [1.29, 1.82) is 0 Å². The zero-order valence-electron chi connectivity index (χ0n) is 14.9. The van der Waals surface area contributed by atoms with Crippen molar-refractivity contribution in [3.05, 3.63) is 59.4 Å². The minimum atomic E-state index is -0.305. The van der Waals surface area contributed by atoms with Crippen molar-refractivity contribution >= 4 is 40.8 Å². The minimum absolute atomic E-state index is 0.305. The Morgan fingerprint density at radius 1 is 0.821 bits per heavy atom. The van der Waals surface area contributed by atoms with E-state index in [-0.39, 0.29) is 5.82 Å². The van der Waals surface area contributed by atoms with Crippen LogP contribution in [0.15, 0.2) is 48.5 Å². The van der Waals surface area contributed by atoms with Crippen LogP contribution in [0.4, 0.5) is 33.6 Å². The molecule has 0 amide bonds. The fourth-order valence-corrected chi connectivity index (χ4v) is 2.83. The Bertz CT molecular complexity index is 866. The molecule has 3 aromatic rings. The molecule has 2 heterocycles. The number of hydrogen-bond acceptors (Lipinski definition) is 7. The van der Waals surface area contributed by atoms with Crippen LogP contribution in [0.2, 0.25) is 5.02 Å². The van der Waals surface area contributed by atoms with Gasteiger partial charge < -0.3 is 20.3 Å². The van der Waals surface area contributed by atoms with E-state index in [4.69, 9.17) is 16.3 Å². The topological polar surface area (TPSA) is 75.2 Å². The second kappa shape index (κ2) is 8.37. The summed E-state index contributed by atoms with van der Waals surface area (Å²) in [6.07, 6.45) is 0. The van der Waals surface area contributed by atoms with Crippen molar-refractivity contribution in [3.63, 3.8) is 0 Å². The lowest BCUT2D eigenvalue weighted by molar-refractivity contribution is 0.122. The first-order valence-electron chi connectivity index (χ1n) is 8.80. The van der Waals surface area contributed by atoms with E-state index in [9.17, 15) is 4.39 Å². The Balaban J connectivity index is 1.63. The molecule has 0 aliphatic carbocycles. The molecular formula is C19H18ClFN6O. The van der Waals surface area contributed by atoms with Crippen LogP contribution in [0.1, 0.15) is 0 Å². The molecule has 28 heavy (non-hydrogen) atoms. The van der Waals surface area contributed by atoms with Gasteiger partial charge in [-0.1, -0.05) is 11.6 Å².